The highest BCUT2D eigenvalue weighted by Crippen LogP contribution is 2.31. The second kappa shape index (κ2) is 7.67. The van der Waals surface area contributed by atoms with Gasteiger partial charge in [-0.3, -0.25) is 4.79 Å². The van der Waals surface area contributed by atoms with E-state index in [9.17, 15) is 9.59 Å². The van der Waals surface area contributed by atoms with E-state index in [1.807, 2.05) is 19.1 Å². The first kappa shape index (κ1) is 18.6. The van der Waals surface area contributed by atoms with E-state index in [4.69, 9.17) is 9.84 Å². The second-order valence-corrected chi connectivity index (χ2v) is 6.53. The van der Waals surface area contributed by atoms with Gasteiger partial charge in [0, 0.05) is 23.1 Å². The van der Waals surface area contributed by atoms with Crippen LogP contribution in [0.5, 0.6) is 5.75 Å². The Morgan fingerprint density at radius 3 is 2.55 bits per heavy atom. The molecule has 1 aliphatic heterocycles. The van der Waals surface area contributed by atoms with Crippen LogP contribution >= 0.6 is 0 Å². The monoisotopic (exact) mass is 386 g/mol. The fourth-order valence-electron chi connectivity index (χ4n) is 3.39. The summed E-state index contributed by atoms with van der Waals surface area (Å²) in [5.41, 5.74) is 3.86. The van der Waals surface area contributed by atoms with E-state index in [1.54, 1.807) is 36.4 Å². The molecule has 0 saturated carbocycles. The van der Waals surface area contributed by atoms with Crippen molar-refractivity contribution in [2.75, 3.05) is 6.61 Å². The van der Waals surface area contributed by atoms with Gasteiger partial charge in [-0.1, -0.05) is 36.4 Å². The molecule has 1 N–H and O–H groups in total. The van der Waals surface area contributed by atoms with Gasteiger partial charge in [-0.05, 0) is 31.2 Å². The van der Waals surface area contributed by atoms with E-state index in [2.05, 4.69) is 10.2 Å². The van der Waals surface area contributed by atoms with Crippen LogP contribution in [-0.4, -0.2) is 34.9 Å². The van der Waals surface area contributed by atoms with Gasteiger partial charge in [0.2, 0.25) is 0 Å². The molecule has 144 valence electrons. The molecule has 6 nitrogen and oxygen atoms in total. The average Bonchev–Trinajstić information content (AvgIpc) is 3.18. The Bertz CT molecular complexity index is 1120. The van der Waals surface area contributed by atoms with Gasteiger partial charge in [0.1, 0.15) is 11.5 Å². The molecular weight excluding hydrogens is 368 g/mol. The lowest BCUT2D eigenvalue weighted by molar-refractivity contribution is 0.0696. The zero-order valence-electron chi connectivity index (χ0n) is 15.8. The fraction of sp³-hybridized carbons (Fsp3) is 0.130. The fourth-order valence-corrected chi connectivity index (χ4v) is 3.39. The number of rotatable bonds is 6. The SMILES string of the molecule is CCOc1ccccc1C(=O)C1=C2C(=NN=C2c2ccc(C(=O)O)cc2)CC=C1. The summed E-state index contributed by atoms with van der Waals surface area (Å²) in [6.07, 6.45) is 4.27. The van der Waals surface area contributed by atoms with Gasteiger partial charge < -0.3 is 9.84 Å². The molecule has 2 aromatic carbocycles. The Balaban J connectivity index is 1.78. The number of benzene rings is 2. The summed E-state index contributed by atoms with van der Waals surface area (Å²) >= 11 is 0. The Morgan fingerprint density at radius 1 is 1.07 bits per heavy atom. The molecule has 0 spiro atoms. The molecule has 6 heteroatoms. The Labute approximate surface area is 167 Å². The lowest BCUT2D eigenvalue weighted by Gasteiger charge is -2.16. The van der Waals surface area contributed by atoms with Gasteiger partial charge >= 0.3 is 5.97 Å². The van der Waals surface area contributed by atoms with Crippen LogP contribution in [0.2, 0.25) is 0 Å². The van der Waals surface area contributed by atoms with E-state index in [1.165, 1.54) is 12.1 Å². The molecule has 0 aromatic heterocycles. The number of carboxylic acid groups (broad SMARTS) is 1. The van der Waals surface area contributed by atoms with Crippen LogP contribution in [0.3, 0.4) is 0 Å². The third-order valence-electron chi connectivity index (χ3n) is 4.74. The standard InChI is InChI=1S/C23H18N2O4/c1-2-29-19-9-4-3-6-16(19)22(26)17-7-5-8-18-20(17)21(25-24-18)14-10-12-15(13-11-14)23(27)28/h3-7,9-13H,2,8H2,1H3,(H,27,28). The van der Waals surface area contributed by atoms with Gasteiger partial charge in [0.15, 0.2) is 5.78 Å². The van der Waals surface area contributed by atoms with E-state index in [0.29, 0.717) is 46.8 Å². The molecule has 1 heterocycles. The highest BCUT2D eigenvalue weighted by molar-refractivity contribution is 6.37. The van der Waals surface area contributed by atoms with Crippen molar-refractivity contribution < 1.29 is 19.4 Å². The first-order chi connectivity index (χ1) is 14.1. The van der Waals surface area contributed by atoms with E-state index in [-0.39, 0.29) is 11.3 Å². The highest BCUT2D eigenvalue weighted by atomic mass is 16.5. The van der Waals surface area contributed by atoms with Crippen molar-refractivity contribution in [3.05, 3.63) is 88.5 Å². The molecule has 0 radical (unpaired) electrons. The van der Waals surface area contributed by atoms with Crippen molar-refractivity contribution in [3.8, 4) is 5.75 Å². The summed E-state index contributed by atoms with van der Waals surface area (Å²) < 4.78 is 5.62. The molecule has 1 aliphatic carbocycles. The zero-order chi connectivity index (χ0) is 20.4. The van der Waals surface area contributed by atoms with Crippen LogP contribution in [0.4, 0.5) is 0 Å². The maximum absolute atomic E-state index is 13.4. The number of hydrogen-bond acceptors (Lipinski definition) is 5. The van der Waals surface area contributed by atoms with Crippen LogP contribution in [0.15, 0.2) is 82.0 Å². The van der Waals surface area contributed by atoms with Crippen molar-refractivity contribution in [2.24, 2.45) is 10.2 Å². The number of allylic oxidation sites excluding steroid dienone is 4. The lowest BCUT2D eigenvalue weighted by Crippen LogP contribution is -2.19. The van der Waals surface area contributed by atoms with Crippen molar-refractivity contribution in [1.82, 2.24) is 0 Å². The third kappa shape index (κ3) is 3.40. The van der Waals surface area contributed by atoms with Crippen molar-refractivity contribution in [1.29, 1.82) is 0 Å². The van der Waals surface area contributed by atoms with Gasteiger partial charge in [-0.25, -0.2) is 4.79 Å². The average molecular weight is 386 g/mol. The van der Waals surface area contributed by atoms with Crippen LogP contribution in [0, 0.1) is 0 Å². The van der Waals surface area contributed by atoms with Crippen LogP contribution in [0.1, 0.15) is 39.6 Å². The number of aromatic carboxylic acids is 1. The van der Waals surface area contributed by atoms with Gasteiger partial charge in [0.05, 0.1) is 23.4 Å². The van der Waals surface area contributed by atoms with Gasteiger partial charge in [-0.2, -0.15) is 5.10 Å². The molecule has 0 atom stereocenters. The number of ether oxygens (including phenoxy) is 1. The zero-order valence-corrected chi connectivity index (χ0v) is 15.8. The number of para-hydroxylation sites is 1. The van der Waals surface area contributed by atoms with Crippen LogP contribution in [0.25, 0.3) is 0 Å². The lowest BCUT2D eigenvalue weighted by atomic mass is 9.86. The molecule has 29 heavy (non-hydrogen) atoms. The Kier molecular flexibility index (Phi) is 4.91. The Hall–Kier alpha value is -3.80. The normalized spacial score (nSPS) is 14.9. The number of ketones is 1. The van der Waals surface area contributed by atoms with Gasteiger partial charge in [-0.15, -0.1) is 5.10 Å². The number of carboxylic acids is 1. The van der Waals surface area contributed by atoms with Crippen LogP contribution < -0.4 is 4.74 Å². The quantitative estimate of drug-likeness (QED) is 0.758. The van der Waals surface area contributed by atoms with Crippen LogP contribution in [-0.2, 0) is 0 Å². The molecule has 4 rings (SSSR count). The van der Waals surface area contributed by atoms with Crippen molar-refractivity contribution >= 4 is 23.2 Å². The highest BCUT2D eigenvalue weighted by Gasteiger charge is 2.30. The molecule has 0 amide bonds. The molecule has 2 aliphatic rings. The van der Waals surface area contributed by atoms with Crippen molar-refractivity contribution in [2.45, 2.75) is 13.3 Å². The number of carbonyl (C=O) groups excluding carboxylic acids is 1. The predicted molar refractivity (Wildman–Crippen MR) is 110 cm³/mol. The summed E-state index contributed by atoms with van der Waals surface area (Å²) in [5, 5.41) is 17.7. The van der Waals surface area contributed by atoms with E-state index >= 15 is 0 Å². The third-order valence-corrected chi connectivity index (χ3v) is 4.74. The summed E-state index contributed by atoms with van der Waals surface area (Å²) in [5.74, 6) is -0.623. The number of Topliss-reactive ketones (excluding diaryl/α,β-unsaturated/α-hetero) is 1. The minimum atomic E-state index is -0.995. The number of hydrogen-bond donors (Lipinski definition) is 1. The summed E-state index contributed by atoms with van der Waals surface area (Å²) in [6, 6.07) is 13.6. The summed E-state index contributed by atoms with van der Waals surface area (Å²) in [4.78, 5) is 24.5. The number of fused-ring (bicyclic) bond motifs is 1. The second-order valence-electron chi connectivity index (χ2n) is 6.53. The maximum Gasteiger partial charge on any atom is 0.335 e. The number of carbonyl (C=O) groups is 2. The molecule has 0 unspecified atom stereocenters. The smallest absolute Gasteiger partial charge is 0.335 e. The minimum absolute atomic E-state index is 0.163. The maximum atomic E-state index is 13.4. The first-order valence-electron chi connectivity index (χ1n) is 9.26. The predicted octanol–water partition coefficient (Wildman–Crippen LogP) is 4.08. The molecule has 0 fully saturated rings. The largest absolute Gasteiger partial charge is 0.493 e. The molecule has 0 saturated heterocycles. The molecule has 2 aromatic rings. The Morgan fingerprint density at radius 2 is 1.83 bits per heavy atom. The number of nitrogens with zero attached hydrogens (tertiary/aromatic N) is 2. The molecular formula is C23H18N2O4. The van der Waals surface area contributed by atoms with Crippen molar-refractivity contribution in [3.63, 3.8) is 0 Å². The first-order valence-corrected chi connectivity index (χ1v) is 9.26. The molecule has 0 bridgehead atoms. The van der Waals surface area contributed by atoms with E-state index in [0.717, 1.165) is 5.71 Å². The summed E-state index contributed by atoms with van der Waals surface area (Å²) in [7, 11) is 0. The van der Waals surface area contributed by atoms with Gasteiger partial charge in [0.25, 0.3) is 0 Å². The topological polar surface area (TPSA) is 88.3 Å². The van der Waals surface area contributed by atoms with E-state index < -0.39 is 5.97 Å². The summed E-state index contributed by atoms with van der Waals surface area (Å²) in [6.45, 7) is 2.33. The minimum Gasteiger partial charge on any atom is -0.493 e.